The first-order valence-corrected chi connectivity index (χ1v) is 11.7. The maximum absolute atomic E-state index is 12.9. The van der Waals surface area contributed by atoms with Crippen molar-refractivity contribution < 1.29 is 24.2 Å². The summed E-state index contributed by atoms with van der Waals surface area (Å²) in [6, 6.07) is 3.03. The Morgan fingerprint density at radius 2 is 1.38 bits per heavy atom. The van der Waals surface area contributed by atoms with E-state index in [0.29, 0.717) is 22.8 Å². The van der Waals surface area contributed by atoms with E-state index in [1.54, 1.807) is 41.5 Å². The molecule has 0 saturated carbocycles. The van der Waals surface area contributed by atoms with Gasteiger partial charge in [-0.15, -0.1) is 0 Å². The lowest BCUT2D eigenvalue weighted by molar-refractivity contribution is 0.0430. The first kappa shape index (κ1) is 28.5. The molecule has 0 aliphatic carbocycles. The summed E-state index contributed by atoms with van der Waals surface area (Å²) in [5, 5.41) is 10.7. The van der Waals surface area contributed by atoms with Gasteiger partial charge in [0.25, 0.3) is 0 Å². The Bertz CT molecular complexity index is 748. The molecular weight excluding hydrogens is 453 g/mol. The summed E-state index contributed by atoms with van der Waals surface area (Å²) in [4.78, 5) is 26.5. The second-order valence-electron chi connectivity index (χ2n) is 10.1. The molecule has 2 unspecified atom stereocenters. The van der Waals surface area contributed by atoms with E-state index in [-0.39, 0.29) is 15.7 Å². The molecule has 0 saturated heterocycles. The zero-order valence-electron chi connectivity index (χ0n) is 20.4. The maximum Gasteiger partial charge on any atom is 0.424 e. The van der Waals surface area contributed by atoms with Crippen LogP contribution >= 0.6 is 23.2 Å². The van der Waals surface area contributed by atoms with Gasteiger partial charge in [0, 0.05) is 0 Å². The van der Waals surface area contributed by atoms with Crippen LogP contribution in [-0.2, 0) is 9.47 Å². The number of aliphatic hydroxyl groups excluding tert-OH is 1. The number of hydrogen-bond donors (Lipinski definition) is 1. The van der Waals surface area contributed by atoms with E-state index in [2.05, 4.69) is 13.8 Å². The van der Waals surface area contributed by atoms with E-state index in [9.17, 15) is 14.7 Å². The predicted octanol–water partition coefficient (Wildman–Crippen LogP) is 7.92. The number of hydrogen-bond acceptors (Lipinski definition) is 5. The molecule has 0 fully saturated rings. The minimum atomic E-state index is -0.961. The van der Waals surface area contributed by atoms with Crippen LogP contribution in [0.3, 0.4) is 0 Å². The van der Waals surface area contributed by atoms with Crippen molar-refractivity contribution in [3.8, 4) is 0 Å². The Hall–Kier alpha value is -1.50. The van der Waals surface area contributed by atoms with Gasteiger partial charge in [-0.05, 0) is 78.0 Å². The average Bonchev–Trinajstić information content (AvgIpc) is 2.59. The Labute approximate surface area is 202 Å². The monoisotopic (exact) mass is 489 g/mol. The van der Waals surface area contributed by atoms with Crippen LogP contribution in [0, 0.1) is 5.92 Å². The molecule has 0 bridgehead atoms. The summed E-state index contributed by atoms with van der Waals surface area (Å²) < 4.78 is 10.8. The van der Waals surface area contributed by atoms with Gasteiger partial charge < -0.3 is 14.6 Å². The lowest BCUT2D eigenvalue weighted by Gasteiger charge is -2.29. The fourth-order valence-electron chi connectivity index (χ4n) is 3.11. The summed E-state index contributed by atoms with van der Waals surface area (Å²) in [5.74, 6) is 0.495. The zero-order chi connectivity index (χ0) is 24.9. The summed E-state index contributed by atoms with van der Waals surface area (Å²) in [6.07, 6.45) is 0.899. The van der Waals surface area contributed by atoms with Crippen molar-refractivity contribution in [1.29, 1.82) is 0 Å². The zero-order valence-corrected chi connectivity index (χ0v) is 21.9. The van der Waals surface area contributed by atoms with Crippen molar-refractivity contribution in [2.24, 2.45) is 5.92 Å². The van der Waals surface area contributed by atoms with Crippen LogP contribution < -0.4 is 4.90 Å². The van der Waals surface area contributed by atoms with E-state index in [4.69, 9.17) is 32.7 Å². The van der Waals surface area contributed by atoms with Crippen LogP contribution in [0.25, 0.3) is 0 Å². The third-order valence-corrected chi connectivity index (χ3v) is 5.09. The van der Waals surface area contributed by atoms with E-state index in [1.165, 1.54) is 12.1 Å². The largest absolute Gasteiger partial charge is 0.443 e. The van der Waals surface area contributed by atoms with Crippen molar-refractivity contribution in [3.05, 3.63) is 27.7 Å². The topological polar surface area (TPSA) is 76.1 Å². The van der Waals surface area contributed by atoms with Gasteiger partial charge in [-0.2, -0.15) is 4.90 Å². The lowest BCUT2D eigenvalue weighted by Crippen LogP contribution is -2.44. The summed E-state index contributed by atoms with van der Waals surface area (Å²) >= 11 is 12.9. The van der Waals surface area contributed by atoms with Gasteiger partial charge in [-0.25, -0.2) is 9.59 Å². The first-order valence-electron chi connectivity index (χ1n) is 11.0. The predicted molar refractivity (Wildman–Crippen MR) is 130 cm³/mol. The van der Waals surface area contributed by atoms with E-state index in [1.807, 2.05) is 0 Å². The molecule has 6 nitrogen and oxygen atoms in total. The van der Waals surface area contributed by atoms with Crippen LogP contribution in [0.2, 0.25) is 10.0 Å². The molecule has 182 valence electrons. The minimum Gasteiger partial charge on any atom is -0.443 e. The second kappa shape index (κ2) is 11.6. The fourth-order valence-corrected chi connectivity index (χ4v) is 3.78. The Kier molecular flexibility index (Phi) is 10.3. The number of ether oxygens (including phenoxy) is 2. The van der Waals surface area contributed by atoms with Crippen LogP contribution in [0.1, 0.15) is 92.7 Å². The highest BCUT2D eigenvalue weighted by molar-refractivity contribution is 6.41. The number of carbonyl (C=O) groups is 2. The van der Waals surface area contributed by atoms with Gasteiger partial charge in [0.1, 0.15) is 11.2 Å². The van der Waals surface area contributed by atoms with Gasteiger partial charge in [0.05, 0.1) is 21.8 Å². The van der Waals surface area contributed by atoms with E-state index in [0.717, 1.165) is 19.3 Å². The molecule has 2 atom stereocenters. The number of aliphatic hydroxyl groups is 1. The number of carbonyl (C=O) groups excluding carboxylic acids is 2. The maximum atomic E-state index is 12.9. The highest BCUT2D eigenvalue weighted by Gasteiger charge is 2.35. The van der Waals surface area contributed by atoms with E-state index >= 15 is 0 Å². The quantitative estimate of drug-likeness (QED) is 0.420. The molecule has 0 radical (unpaired) electrons. The van der Waals surface area contributed by atoms with Crippen molar-refractivity contribution >= 4 is 41.1 Å². The number of nitrogens with zero attached hydrogens (tertiary/aromatic N) is 1. The van der Waals surface area contributed by atoms with Gasteiger partial charge in [0.15, 0.2) is 0 Å². The molecule has 0 aromatic heterocycles. The van der Waals surface area contributed by atoms with E-state index < -0.39 is 29.5 Å². The first-order chi connectivity index (χ1) is 14.6. The van der Waals surface area contributed by atoms with Gasteiger partial charge >= 0.3 is 12.2 Å². The third kappa shape index (κ3) is 9.16. The Morgan fingerprint density at radius 1 is 0.938 bits per heavy atom. The van der Waals surface area contributed by atoms with Crippen LogP contribution in [-0.4, -0.2) is 28.5 Å². The van der Waals surface area contributed by atoms with Gasteiger partial charge in [-0.3, -0.25) is 0 Å². The standard InChI is InChI=1S/C24H37Cl2NO5/c1-9-10-15(2)11-12-19(28)16-13-17(25)20(18(26)14-16)27(21(29)31-23(3,4)5)22(30)32-24(6,7)8/h13-15,19,28H,9-12H2,1-8H3. The summed E-state index contributed by atoms with van der Waals surface area (Å²) in [6.45, 7) is 14.4. The second-order valence-corrected chi connectivity index (χ2v) is 10.9. The number of rotatable bonds is 7. The Balaban J connectivity index is 3.30. The van der Waals surface area contributed by atoms with Crippen molar-refractivity contribution in [2.75, 3.05) is 4.90 Å². The summed E-state index contributed by atoms with van der Waals surface area (Å²) in [5.41, 5.74) is -1.25. The van der Waals surface area contributed by atoms with Crippen molar-refractivity contribution in [2.45, 2.75) is 98.4 Å². The highest BCUT2D eigenvalue weighted by Crippen LogP contribution is 2.39. The number of benzene rings is 1. The van der Waals surface area contributed by atoms with Gasteiger partial charge in [-0.1, -0.05) is 49.9 Å². The molecule has 0 heterocycles. The molecule has 0 aliphatic heterocycles. The number of halogens is 2. The normalized spacial score (nSPS) is 14.0. The van der Waals surface area contributed by atoms with Crippen LogP contribution in [0.15, 0.2) is 12.1 Å². The number of amides is 2. The number of imide groups is 1. The molecule has 32 heavy (non-hydrogen) atoms. The molecular formula is C24H37Cl2NO5. The van der Waals surface area contributed by atoms with Crippen molar-refractivity contribution in [1.82, 2.24) is 0 Å². The van der Waals surface area contributed by atoms with Crippen LogP contribution in [0.5, 0.6) is 0 Å². The highest BCUT2D eigenvalue weighted by atomic mass is 35.5. The van der Waals surface area contributed by atoms with Crippen LogP contribution in [0.4, 0.5) is 15.3 Å². The SMILES string of the molecule is CCCC(C)CCC(O)c1cc(Cl)c(N(C(=O)OC(C)(C)C)C(=O)OC(C)(C)C)c(Cl)c1. The third-order valence-electron chi connectivity index (χ3n) is 4.51. The summed E-state index contributed by atoms with van der Waals surface area (Å²) in [7, 11) is 0. The molecule has 2 amide bonds. The molecule has 0 aliphatic rings. The van der Waals surface area contributed by atoms with Gasteiger partial charge in [0.2, 0.25) is 0 Å². The smallest absolute Gasteiger partial charge is 0.424 e. The van der Waals surface area contributed by atoms with Crippen molar-refractivity contribution in [3.63, 3.8) is 0 Å². The fraction of sp³-hybridized carbons (Fsp3) is 0.667. The molecule has 0 spiro atoms. The lowest BCUT2D eigenvalue weighted by atomic mass is 9.95. The molecule has 1 N–H and O–H groups in total. The molecule has 1 aromatic rings. The molecule has 1 aromatic carbocycles. The minimum absolute atomic E-state index is 0.0323. The number of anilines is 1. The average molecular weight is 490 g/mol. The molecule has 1 rings (SSSR count). The molecule has 8 heteroatoms. The Morgan fingerprint density at radius 3 is 1.75 bits per heavy atom.